The van der Waals surface area contributed by atoms with Crippen LogP contribution in [0.2, 0.25) is 0 Å². The second-order valence-electron chi connectivity index (χ2n) is 6.58. The summed E-state index contributed by atoms with van der Waals surface area (Å²) in [6, 6.07) is 15.6. The highest BCUT2D eigenvalue weighted by molar-refractivity contribution is 6.05. The van der Waals surface area contributed by atoms with E-state index in [9.17, 15) is 4.79 Å². The highest BCUT2D eigenvalue weighted by Crippen LogP contribution is 2.30. The molecule has 0 bridgehead atoms. The van der Waals surface area contributed by atoms with Gasteiger partial charge in [-0.2, -0.15) is 0 Å². The van der Waals surface area contributed by atoms with E-state index in [0.29, 0.717) is 12.2 Å². The molecule has 0 unspecified atom stereocenters. The molecule has 132 valence electrons. The monoisotopic (exact) mass is 347 g/mol. The van der Waals surface area contributed by atoms with Crippen LogP contribution >= 0.6 is 0 Å². The number of esters is 1. The molecule has 0 spiro atoms. The molecule has 4 nitrogen and oxygen atoms in total. The molecule has 0 atom stereocenters. The quantitative estimate of drug-likeness (QED) is 0.511. The molecule has 1 heterocycles. The molecule has 1 aliphatic rings. The maximum absolute atomic E-state index is 12.8. The van der Waals surface area contributed by atoms with Gasteiger partial charge < -0.3 is 9.47 Å². The summed E-state index contributed by atoms with van der Waals surface area (Å²) < 4.78 is 11.2. The number of nitrogens with zero attached hydrogens (tertiary/aromatic N) is 1. The number of carbonyl (C=O) groups excluding carboxylic acids is 1. The van der Waals surface area contributed by atoms with Crippen molar-refractivity contribution in [2.75, 3.05) is 13.2 Å². The zero-order chi connectivity index (χ0) is 17.9. The lowest BCUT2D eigenvalue weighted by Gasteiger charge is -2.12. The van der Waals surface area contributed by atoms with E-state index in [1.807, 2.05) is 55.5 Å². The van der Waals surface area contributed by atoms with E-state index in [-0.39, 0.29) is 12.6 Å². The minimum Gasteiger partial charge on any atom is -0.490 e. The summed E-state index contributed by atoms with van der Waals surface area (Å²) in [6.45, 7) is 2.57. The Labute approximate surface area is 152 Å². The lowest BCUT2D eigenvalue weighted by Crippen LogP contribution is -2.15. The topological polar surface area (TPSA) is 48.4 Å². The van der Waals surface area contributed by atoms with E-state index < -0.39 is 0 Å². The predicted octanol–water partition coefficient (Wildman–Crippen LogP) is 4.27. The molecular formula is C22H21NO3. The van der Waals surface area contributed by atoms with Gasteiger partial charge in [0.05, 0.1) is 11.1 Å². The lowest BCUT2D eigenvalue weighted by molar-refractivity contribution is 0.0451. The van der Waals surface area contributed by atoms with Crippen molar-refractivity contribution >= 4 is 16.9 Å². The zero-order valence-electron chi connectivity index (χ0n) is 14.8. The molecule has 2 aromatic carbocycles. The average molecular weight is 347 g/mol. The summed E-state index contributed by atoms with van der Waals surface area (Å²) in [5.41, 5.74) is 4.76. The number of fused-ring (bicyclic) bond motifs is 2. The Morgan fingerprint density at radius 3 is 2.85 bits per heavy atom. The van der Waals surface area contributed by atoms with Gasteiger partial charge in [0.2, 0.25) is 0 Å². The van der Waals surface area contributed by atoms with Gasteiger partial charge in [0.1, 0.15) is 19.0 Å². The lowest BCUT2D eigenvalue weighted by atomic mass is 10.0. The molecule has 0 saturated carbocycles. The third kappa shape index (κ3) is 3.27. The molecule has 4 heteroatoms. The molecule has 0 aliphatic heterocycles. The van der Waals surface area contributed by atoms with Crippen LogP contribution in [-0.2, 0) is 17.6 Å². The van der Waals surface area contributed by atoms with Crippen molar-refractivity contribution < 1.29 is 14.3 Å². The van der Waals surface area contributed by atoms with Crippen LogP contribution < -0.4 is 4.74 Å². The Balaban J connectivity index is 1.48. The second-order valence-corrected chi connectivity index (χ2v) is 6.58. The van der Waals surface area contributed by atoms with E-state index in [1.165, 1.54) is 0 Å². The Bertz CT molecular complexity index is 965. The Morgan fingerprint density at radius 1 is 1.08 bits per heavy atom. The van der Waals surface area contributed by atoms with Gasteiger partial charge in [0, 0.05) is 11.1 Å². The van der Waals surface area contributed by atoms with Crippen molar-refractivity contribution in [1.82, 2.24) is 4.98 Å². The highest BCUT2D eigenvalue weighted by atomic mass is 16.6. The molecule has 0 amide bonds. The number of para-hydroxylation sites is 1. The fourth-order valence-corrected chi connectivity index (χ4v) is 3.52. The van der Waals surface area contributed by atoms with Gasteiger partial charge in [0.15, 0.2) is 0 Å². The van der Waals surface area contributed by atoms with E-state index in [2.05, 4.69) is 0 Å². The second kappa shape index (κ2) is 7.16. The molecule has 0 saturated heterocycles. The van der Waals surface area contributed by atoms with Gasteiger partial charge in [-0.25, -0.2) is 4.79 Å². The standard InChI is InChI=1S/C22H21NO3/c1-15-6-4-7-16(14-15)25-12-13-26-22(24)21-17-8-2-3-10-19(17)23-20-11-5-9-18(20)21/h2-4,6-8,10,14H,5,9,11-13H2,1H3. The van der Waals surface area contributed by atoms with E-state index in [0.717, 1.165) is 52.7 Å². The number of hydrogen-bond acceptors (Lipinski definition) is 4. The molecule has 26 heavy (non-hydrogen) atoms. The maximum atomic E-state index is 12.8. The van der Waals surface area contributed by atoms with Crippen molar-refractivity contribution in [3.8, 4) is 5.75 Å². The third-order valence-electron chi connectivity index (χ3n) is 4.70. The minimum atomic E-state index is -0.283. The summed E-state index contributed by atoms with van der Waals surface area (Å²) in [4.78, 5) is 17.5. The smallest absolute Gasteiger partial charge is 0.339 e. The van der Waals surface area contributed by atoms with Crippen molar-refractivity contribution in [3.63, 3.8) is 0 Å². The molecule has 4 rings (SSSR count). The normalized spacial score (nSPS) is 12.8. The highest BCUT2D eigenvalue weighted by Gasteiger charge is 2.24. The number of pyridine rings is 1. The molecular weight excluding hydrogens is 326 g/mol. The minimum absolute atomic E-state index is 0.220. The number of benzene rings is 2. The van der Waals surface area contributed by atoms with Crippen LogP contribution in [0.15, 0.2) is 48.5 Å². The van der Waals surface area contributed by atoms with Crippen LogP contribution in [0.5, 0.6) is 5.75 Å². The summed E-state index contributed by atoms with van der Waals surface area (Å²) in [5, 5.41) is 0.873. The first-order valence-corrected chi connectivity index (χ1v) is 8.99. The van der Waals surface area contributed by atoms with Gasteiger partial charge in [-0.3, -0.25) is 4.98 Å². The number of ether oxygens (including phenoxy) is 2. The number of rotatable bonds is 5. The SMILES string of the molecule is Cc1cccc(OCCOC(=O)c2c3c(nc4ccccc24)CCC3)c1. The maximum Gasteiger partial charge on any atom is 0.339 e. The molecule has 1 aromatic heterocycles. The van der Waals surface area contributed by atoms with Gasteiger partial charge in [-0.1, -0.05) is 30.3 Å². The van der Waals surface area contributed by atoms with E-state index >= 15 is 0 Å². The summed E-state index contributed by atoms with van der Waals surface area (Å²) in [6.07, 6.45) is 2.85. The fraction of sp³-hybridized carbons (Fsp3) is 0.273. The first-order chi connectivity index (χ1) is 12.7. The Hall–Kier alpha value is -2.88. The Kier molecular flexibility index (Phi) is 4.57. The number of aromatic nitrogens is 1. The summed E-state index contributed by atoms with van der Waals surface area (Å²) in [7, 11) is 0. The number of carbonyl (C=O) groups is 1. The molecule has 0 fully saturated rings. The average Bonchev–Trinajstić information content (AvgIpc) is 3.11. The summed E-state index contributed by atoms with van der Waals surface area (Å²) >= 11 is 0. The van der Waals surface area contributed by atoms with Crippen molar-refractivity contribution in [2.24, 2.45) is 0 Å². The van der Waals surface area contributed by atoms with Crippen LogP contribution in [0.25, 0.3) is 10.9 Å². The first kappa shape index (κ1) is 16.6. The van der Waals surface area contributed by atoms with Crippen LogP contribution in [0.3, 0.4) is 0 Å². The largest absolute Gasteiger partial charge is 0.490 e. The molecule has 1 aliphatic carbocycles. The van der Waals surface area contributed by atoms with Crippen LogP contribution in [0.4, 0.5) is 0 Å². The van der Waals surface area contributed by atoms with E-state index in [4.69, 9.17) is 14.5 Å². The van der Waals surface area contributed by atoms with Gasteiger partial charge in [-0.15, -0.1) is 0 Å². The van der Waals surface area contributed by atoms with Gasteiger partial charge >= 0.3 is 5.97 Å². The van der Waals surface area contributed by atoms with E-state index in [1.54, 1.807) is 0 Å². The van der Waals surface area contributed by atoms with Crippen molar-refractivity contribution in [2.45, 2.75) is 26.2 Å². The number of aryl methyl sites for hydroxylation is 2. The third-order valence-corrected chi connectivity index (χ3v) is 4.70. The van der Waals surface area contributed by atoms with Gasteiger partial charge in [0.25, 0.3) is 0 Å². The summed E-state index contributed by atoms with van der Waals surface area (Å²) in [5.74, 6) is 0.505. The van der Waals surface area contributed by atoms with Crippen molar-refractivity contribution in [3.05, 3.63) is 70.9 Å². The molecule has 0 N–H and O–H groups in total. The first-order valence-electron chi connectivity index (χ1n) is 8.99. The van der Waals surface area contributed by atoms with Gasteiger partial charge in [-0.05, 0) is 55.5 Å². The van der Waals surface area contributed by atoms with Crippen LogP contribution in [0, 0.1) is 6.92 Å². The van der Waals surface area contributed by atoms with Crippen LogP contribution in [0.1, 0.15) is 33.6 Å². The zero-order valence-corrected chi connectivity index (χ0v) is 14.8. The predicted molar refractivity (Wildman–Crippen MR) is 101 cm³/mol. The van der Waals surface area contributed by atoms with Crippen LogP contribution in [-0.4, -0.2) is 24.2 Å². The Morgan fingerprint density at radius 2 is 1.96 bits per heavy atom. The molecule has 3 aromatic rings. The number of hydrogen-bond donors (Lipinski definition) is 0. The van der Waals surface area contributed by atoms with Crippen molar-refractivity contribution in [1.29, 1.82) is 0 Å². The fourth-order valence-electron chi connectivity index (χ4n) is 3.52. The molecule has 0 radical (unpaired) electrons.